The van der Waals surface area contributed by atoms with Crippen LogP contribution in [0.1, 0.15) is 10.4 Å². The van der Waals surface area contributed by atoms with Gasteiger partial charge in [0.05, 0.1) is 16.3 Å². The van der Waals surface area contributed by atoms with Gasteiger partial charge in [-0.2, -0.15) is 0 Å². The van der Waals surface area contributed by atoms with E-state index in [-0.39, 0.29) is 11.3 Å². The summed E-state index contributed by atoms with van der Waals surface area (Å²) in [4.78, 5) is 12.0. The molecule has 0 fully saturated rings. The van der Waals surface area contributed by atoms with Gasteiger partial charge in [0.15, 0.2) is 0 Å². The Labute approximate surface area is 118 Å². The lowest BCUT2D eigenvalue weighted by Crippen LogP contribution is -2.12. The molecule has 3 nitrogen and oxygen atoms in total. The second kappa shape index (κ2) is 5.42. The minimum Gasteiger partial charge on any atom is -0.507 e. The van der Waals surface area contributed by atoms with Gasteiger partial charge < -0.3 is 10.4 Å². The molecular formula is C13H9BrClNO2. The van der Waals surface area contributed by atoms with Gasteiger partial charge in [-0.3, -0.25) is 4.79 Å². The molecule has 0 aliphatic heterocycles. The van der Waals surface area contributed by atoms with Gasteiger partial charge in [0.25, 0.3) is 5.91 Å². The highest BCUT2D eigenvalue weighted by atomic mass is 79.9. The molecule has 0 atom stereocenters. The SMILES string of the molecule is O=C(Nc1cc(Br)ccc1Cl)c1ccccc1O. The van der Waals surface area contributed by atoms with Crippen molar-refractivity contribution in [1.82, 2.24) is 0 Å². The van der Waals surface area contributed by atoms with Crippen molar-refractivity contribution in [1.29, 1.82) is 0 Å². The molecule has 0 radical (unpaired) electrons. The molecule has 0 heterocycles. The largest absolute Gasteiger partial charge is 0.507 e. The van der Waals surface area contributed by atoms with Crippen molar-refractivity contribution in [3.05, 3.63) is 57.5 Å². The summed E-state index contributed by atoms with van der Waals surface area (Å²) < 4.78 is 0.805. The highest BCUT2D eigenvalue weighted by Gasteiger charge is 2.12. The van der Waals surface area contributed by atoms with Gasteiger partial charge in [-0.05, 0) is 30.3 Å². The van der Waals surface area contributed by atoms with E-state index in [2.05, 4.69) is 21.2 Å². The minimum atomic E-state index is -0.409. The topological polar surface area (TPSA) is 49.3 Å². The molecule has 0 aromatic heterocycles. The predicted octanol–water partition coefficient (Wildman–Crippen LogP) is 4.06. The average Bonchev–Trinajstić information content (AvgIpc) is 2.34. The number of benzene rings is 2. The second-order valence-corrected chi connectivity index (χ2v) is 4.92. The Hall–Kier alpha value is -1.52. The molecule has 0 saturated heterocycles. The van der Waals surface area contributed by atoms with Crippen LogP contribution in [0.15, 0.2) is 46.9 Å². The van der Waals surface area contributed by atoms with Crippen LogP contribution in [-0.2, 0) is 0 Å². The molecule has 2 aromatic carbocycles. The first-order chi connectivity index (χ1) is 8.58. The number of carbonyl (C=O) groups excluding carboxylic acids is 1. The highest BCUT2D eigenvalue weighted by Crippen LogP contribution is 2.27. The maximum absolute atomic E-state index is 12.0. The Morgan fingerprint density at radius 2 is 1.94 bits per heavy atom. The Morgan fingerprint density at radius 3 is 2.67 bits per heavy atom. The summed E-state index contributed by atoms with van der Waals surface area (Å²) >= 11 is 9.27. The Morgan fingerprint density at radius 1 is 1.22 bits per heavy atom. The molecule has 5 heteroatoms. The third-order valence-electron chi connectivity index (χ3n) is 2.33. The van der Waals surface area contributed by atoms with Crippen molar-refractivity contribution in [2.45, 2.75) is 0 Å². The van der Waals surface area contributed by atoms with Gasteiger partial charge in [-0.1, -0.05) is 39.7 Å². The van der Waals surface area contributed by atoms with Crippen LogP contribution in [-0.4, -0.2) is 11.0 Å². The first kappa shape index (κ1) is 12.9. The molecule has 1 amide bonds. The maximum atomic E-state index is 12.0. The van der Waals surface area contributed by atoms with E-state index in [0.717, 1.165) is 4.47 Å². The number of phenolic OH excluding ortho intramolecular Hbond substituents is 1. The monoisotopic (exact) mass is 325 g/mol. The average molecular weight is 327 g/mol. The molecule has 0 spiro atoms. The number of phenols is 1. The Balaban J connectivity index is 2.27. The number of anilines is 1. The van der Waals surface area contributed by atoms with E-state index in [1.807, 2.05) is 0 Å². The van der Waals surface area contributed by atoms with Crippen LogP contribution in [0, 0.1) is 0 Å². The van der Waals surface area contributed by atoms with E-state index in [1.54, 1.807) is 30.3 Å². The summed E-state index contributed by atoms with van der Waals surface area (Å²) in [6.07, 6.45) is 0. The van der Waals surface area contributed by atoms with Crippen molar-refractivity contribution >= 4 is 39.1 Å². The van der Waals surface area contributed by atoms with Gasteiger partial charge in [-0.25, -0.2) is 0 Å². The lowest BCUT2D eigenvalue weighted by atomic mass is 10.2. The Kier molecular flexibility index (Phi) is 3.89. The van der Waals surface area contributed by atoms with Crippen LogP contribution < -0.4 is 5.32 Å². The third kappa shape index (κ3) is 2.83. The first-order valence-corrected chi connectivity index (χ1v) is 6.29. The van der Waals surface area contributed by atoms with E-state index in [9.17, 15) is 9.90 Å². The molecule has 2 rings (SSSR count). The molecule has 0 unspecified atom stereocenters. The minimum absolute atomic E-state index is 0.0684. The predicted molar refractivity (Wildman–Crippen MR) is 75.2 cm³/mol. The number of hydrogen-bond donors (Lipinski definition) is 2. The summed E-state index contributed by atoms with van der Waals surface area (Å²) in [6.45, 7) is 0. The fourth-order valence-corrected chi connectivity index (χ4v) is 1.97. The van der Waals surface area contributed by atoms with E-state index in [0.29, 0.717) is 10.7 Å². The first-order valence-electron chi connectivity index (χ1n) is 5.12. The molecule has 92 valence electrons. The van der Waals surface area contributed by atoms with E-state index >= 15 is 0 Å². The van der Waals surface area contributed by atoms with Crippen LogP contribution >= 0.6 is 27.5 Å². The summed E-state index contributed by atoms with van der Waals surface area (Å²) in [5.74, 6) is -0.478. The van der Waals surface area contributed by atoms with Gasteiger partial charge in [0, 0.05) is 4.47 Å². The fraction of sp³-hybridized carbons (Fsp3) is 0. The molecule has 0 saturated carbocycles. The normalized spacial score (nSPS) is 10.1. The summed E-state index contributed by atoms with van der Waals surface area (Å²) in [6, 6.07) is 11.5. The van der Waals surface area contributed by atoms with Crippen molar-refractivity contribution in [2.75, 3.05) is 5.32 Å². The molecule has 2 aromatic rings. The van der Waals surface area contributed by atoms with Crippen LogP contribution in [0.5, 0.6) is 5.75 Å². The van der Waals surface area contributed by atoms with Crippen molar-refractivity contribution in [2.24, 2.45) is 0 Å². The smallest absolute Gasteiger partial charge is 0.259 e. The zero-order valence-electron chi connectivity index (χ0n) is 9.15. The maximum Gasteiger partial charge on any atom is 0.259 e. The number of amides is 1. The number of hydrogen-bond acceptors (Lipinski definition) is 2. The molecule has 0 aliphatic carbocycles. The van der Waals surface area contributed by atoms with Crippen molar-refractivity contribution in [3.8, 4) is 5.75 Å². The van der Waals surface area contributed by atoms with E-state index in [1.165, 1.54) is 12.1 Å². The second-order valence-electron chi connectivity index (χ2n) is 3.60. The number of rotatable bonds is 2. The third-order valence-corrected chi connectivity index (χ3v) is 3.15. The van der Waals surface area contributed by atoms with Crippen LogP contribution in [0.4, 0.5) is 5.69 Å². The molecule has 18 heavy (non-hydrogen) atoms. The highest BCUT2D eigenvalue weighted by molar-refractivity contribution is 9.10. The zero-order chi connectivity index (χ0) is 13.1. The van der Waals surface area contributed by atoms with Gasteiger partial charge in [0.1, 0.15) is 5.75 Å². The summed E-state index contributed by atoms with van der Waals surface area (Å²) in [5.41, 5.74) is 0.688. The number of para-hydroxylation sites is 1. The van der Waals surface area contributed by atoms with Crippen LogP contribution in [0.25, 0.3) is 0 Å². The van der Waals surface area contributed by atoms with Crippen molar-refractivity contribution < 1.29 is 9.90 Å². The summed E-state index contributed by atoms with van der Waals surface area (Å²) in [5, 5.41) is 12.7. The van der Waals surface area contributed by atoms with Crippen molar-refractivity contribution in [3.63, 3.8) is 0 Å². The lowest BCUT2D eigenvalue weighted by Gasteiger charge is -2.08. The molecular weight excluding hydrogens is 318 g/mol. The quantitative estimate of drug-likeness (QED) is 0.874. The molecule has 2 N–H and O–H groups in total. The van der Waals surface area contributed by atoms with Gasteiger partial charge >= 0.3 is 0 Å². The van der Waals surface area contributed by atoms with Gasteiger partial charge in [-0.15, -0.1) is 0 Å². The lowest BCUT2D eigenvalue weighted by molar-refractivity contribution is 0.102. The number of nitrogens with one attached hydrogen (secondary N) is 1. The van der Waals surface area contributed by atoms with E-state index < -0.39 is 5.91 Å². The number of aromatic hydroxyl groups is 1. The standard InChI is InChI=1S/C13H9BrClNO2/c14-8-5-6-10(15)11(7-8)16-13(18)9-3-1-2-4-12(9)17/h1-7,17H,(H,16,18). The zero-order valence-corrected chi connectivity index (χ0v) is 11.5. The van der Waals surface area contributed by atoms with Crippen LogP contribution in [0.2, 0.25) is 5.02 Å². The molecule has 0 bridgehead atoms. The van der Waals surface area contributed by atoms with Crippen LogP contribution in [0.3, 0.4) is 0 Å². The van der Waals surface area contributed by atoms with E-state index in [4.69, 9.17) is 11.6 Å². The fourth-order valence-electron chi connectivity index (χ4n) is 1.45. The van der Waals surface area contributed by atoms with Gasteiger partial charge in [0.2, 0.25) is 0 Å². The number of carbonyl (C=O) groups is 1. The molecule has 0 aliphatic rings. The number of halogens is 2. The Bertz CT molecular complexity index is 601. The summed E-state index contributed by atoms with van der Waals surface area (Å²) in [7, 11) is 0.